The molecular formula is C20H15F3N4O3. The zero-order valence-corrected chi connectivity index (χ0v) is 15.9. The Bertz CT molecular complexity index is 1360. The number of pyridine rings is 1. The van der Waals surface area contributed by atoms with Gasteiger partial charge in [-0.2, -0.15) is 18.3 Å². The van der Waals surface area contributed by atoms with Crippen molar-refractivity contribution < 1.29 is 22.7 Å². The molecule has 0 unspecified atom stereocenters. The second-order valence-electron chi connectivity index (χ2n) is 6.60. The van der Waals surface area contributed by atoms with Crippen LogP contribution in [0.3, 0.4) is 0 Å². The van der Waals surface area contributed by atoms with Gasteiger partial charge in [0.25, 0.3) is 5.56 Å². The van der Waals surface area contributed by atoms with Crippen LogP contribution in [0.4, 0.5) is 13.2 Å². The number of nitrogens with zero attached hydrogens (tertiary/aromatic N) is 3. The number of hydrogen-bond acceptors (Lipinski definition) is 5. The number of H-pyrrole nitrogens is 1. The number of aromatic amines is 1. The number of carbonyl (C=O) groups is 1. The van der Waals surface area contributed by atoms with Crippen molar-refractivity contribution >= 4 is 22.4 Å². The van der Waals surface area contributed by atoms with Gasteiger partial charge in [-0.3, -0.25) is 9.78 Å². The van der Waals surface area contributed by atoms with E-state index < -0.39 is 34.5 Å². The molecule has 0 bridgehead atoms. The molecule has 1 N–H and O–H groups in total. The number of halogens is 3. The highest BCUT2D eigenvalue weighted by molar-refractivity contribution is 5.92. The zero-order valence-electron chi connectivity index (χ0n) is 15.9. The van der Waals surface area contributed by atoms with Crippen LogP contribution in [0.15, 0.2) is 41.5 Å². The van der Waals surface area contributed by atoms with E-state index in [9.17, 15) is 22.8 Å². The lowest BCUT2D eigenvalue weighted by molar-refractivity contribution is -0.136. The molecule has 0 saturated heterocycles. The number of esters is 1. The number of aromatic nitrogens is 4. The Kier molecular flexibility index (Phi) is 4.56. The van der Waals surface area contributed by atoms with Crippen LogP contribution in [0.1, 0.15) is 28.5 Å². The lowest BCUT2D eigenvalue weighted by Gasteiger charge is -2.08. The van der Waals surface area contributed by atoms with Crippen LogP contribution in [-0.4, -0.2) is 32.2 Å². The fourth-order valence-electron chi connectivity index (χ4n) is 3.28. The van der Waals surface area contributed by atoms with Gasteiger partial charge in [0.15, 0.2) is 5.69 Å². The van der Waals surface area contributed by atoms with Crippen molar-refractivity contribution in [1.82, 2.24) is 19.6 Å². The minimum Gasteiger partial charge on any atom is -0.461 e. The highest BCUT2D eigenvalue weighted by Crippen LogP contribution is 2.35. The van der Waals surface area contributed by atoms with E-state index in [1.54, 1.807) is 6.07 Å². The standard InChI is InChI=1S/C20H15F3N4O3/c1-3-30-19(29)16-15(20(21,22)23)17-18(28)25-14(9-27(17)26-16)11-7-12-10(2)5-4-6-13(12)24-8-11/h4-9H,3H2,1-2H3,(H,25,28). The molecule has 30 heavy (non-hydrogen) atoms. The van der Waals surface area contributed by atoms with Gasteiger partial charge < -0.3 is 9.72 Å². The SMILES string of the molecule is CCOC(=O)c1nn2cc(-c3cnc4cccc(C)c4c3)[nH]c(=O)c2c1C(F)(F)F. The minimum absolute atomic E-state index is 0.131. The molecule has 0 spiro atoms. The first-order valence-electron chi connectivity index (χ1n) is 8.96. The maximum absolute atomic E-state index is 13.6. The van der Waals surface area contributed by atoms with Gasteiger partial charge in [0.05, 0.1) is 24.0 Å². The van der Waals surface area contributed by atoms with Crippen LogP contribution in [0.25, 0.3) is 27.7 Å². The quantitative estimate of drug-likeness (QED) is 0.514. The summed E-state index contributed by atoms with van der Waals surface area (Å²) < 4.78 is 46.3. The molecule has 0 amide bonds. The first-order valence-corrected chi connectivity index (χ1v) is 8.96. The fourth-order valence-corrected chi connectivity index (χ4v) is 3.28. The van der Waals surface area contributed by atoms with E-state index in [0.29, 0.717) is 5.56 Å². The molecule has 0 aliphatic carbocycles. The molecule has 0 atom stereocenters. The monoisotopic (exact) mass is 416 g/mol. The molecule has 0 aliphatic heterocycles. The predicted molar refractivity (Wildman–Crippen MR) is 102 cm³/mol. The van der Waals surface area contributed by atoms with Gasteiger partial charge in [0.2, 0.25) is 0 Å². The summed E-state index contributed by atoms with van der Waals surface area (Å²) in [7, 11) is 0. The second-order valence-corrected chi connectivity index (χ2v) is 6.60. The number of alkyl halides is 3. The molecule has 3 aromatic heterocycles. The third-order valence-electron chi connectivity index (χ3n) is 4.63. The van der Waals surface area contributed by atoms with Crippen molar-refractivity contribution in [3.63, 3.8) is 0 Å². The molecule has 1 aromatic carbocycles. The van der Waals surface area contributed by atoms with E-state index in [4.69, 9.17) is 0 Å². The van der Waals surface area contributed by atoms with Crippen LogP contribution in [0.5, 0.6) is 0 Å². The van der Waals surface area contributed by atoms with Crippen LogP contribution in [0.2, 0.25) is 0 Å². The Labute approximate surface area is 167 Å². The van der Waals surface area contributed by atoms with Crippen LogP contribution < -0.4 is 5.56 Å². The molecule has 4 rings (SSSR count). The summed E-state index contributed by atoms with van der Waals surface area (Å²) in [4.78, 5) is 31.4. The Balaban J connectivity index is 1.96. The minimum atomic E-state index is -4.97. The molecule has 0 radical (unpaired) electrons. The maximum Gasteiger partial charge on any atom is 0.421 e. The predicted octanol–water partition coefficient (Wildman–Crippen LogP) is 3.74. The highest BCUT2D eigenvalue weighted by atomic mass is 19.4. The lowest BCUT2D eigenvalue weighted by atomic mass is 10.1. The largest absolute Gasteiger partial charge is 0.461 e. The highest BCUT2D eigenvalue weighted by Gasteiger charge is 2.42. The van der Waals surface area contributed by atoms with Crippen molar-refractivity contribution in [3.8, 4) is 11.3 Å². The van der Waals surface area contributed by atoms with E-state index in [2.05, 4.69) is 19.8 Å². The van der Waals surface area contributed by atoms with Gasteiger partial charge in [0.1, 0.15) is 11.1 Å². The number of ether oxygens (including phenoxy) is 1. The van der Waals surface area contributed by atoms with Gasteiger partial charge in [-0.1, -0.05) is 12.1 Å². The van der Waals surface area contributed by atoms with Gasteiger partial charge in [0, 0.05) is 17.1 Å². The Morgan fingerprint density at radius 3 is 2.77 bits per heavy atom. The number of aryl methyl sites for hydroxylation is 1. The van der Waals surface area contributed by atoms with E-state index in [0.717, 1.165) is 21.0 Å². The first kappa shape index (κ1) is 19.6. The van der Waals surface area contributed by atoms with Crippen molar-refractivity contribution in [1.29, 1.82) is 0 Å². The fraction of sp³-hybridized carbons (Fsp3) is 0.200. The third-order valence-corrected chi connectivity index (χ3v) is 4.63. The molecule has 10 heteroatoms. The summed E-state index contributed by atoms with van der Waals surface area (Å²) in [6.45, 7) is 3.22. The van der Waals surface area contributed by atoms with Gasteiger partial charge >= 0.3 is 12.1 Å². The molecule has 0 fully saturated rings. The smallest absolute Gasteiger partial charge is 0.421 e. The van der Waals surface area contributed by atoms with Crippen LogP contribution >= 0.6 is 0 Å². The molecule has 7 nitrogen and oxygen atoms in total. The Morgan fingerprint density at radius 1 is 1.30 bits per heavy atom. The summed E-state index contributed by atoms with van der Waals surface area (Å²) in [6, 6.07) is 7.36. The van der Waals surface area contributed by atoms with E-state index in [1.807, 2.05) is 25.1 Å². The number of hydrogen-bond donors (Lipinski definition) is 1. The van der Waals surface area contributed by atoms with E-state index in [-0.39, 0.29) is 12.3 Å². The summed E-state index contributed by atoms with van der Waals surface area (Å²) in [5.41, 5.74) is -1.82. The lowest BCUT2D eigenvalue weighted by Crippen LogP contribution is -2.18. The van der Waals surface area contributed by atoms with E-state index in [1.165, 1.54) is 19.3 Å². The molecular weight excluding hydrogens is 401 g/mol. The molecule has 154 valence electrons. The summed E-state index contributed by atoms with van der Waals surface area (Å²) in [6.07, 6.45) is -2.25. The third kappa shape index (κ3) is 3.19. The Morgan fingerprint density at radius 2 is 2.07 bits per heavy atom. The zero-order chi connectivity index (χ0) is 21.6. The van der Waals surface area contributed by atoms with Crippen LogP contribution in [-0.2, 0) is 10.9 Å². The maximum atomic E-state index is 13.6. The topological polar surface area (TPSA) is 89.3 Å². The average Bonchev–Trinajstić information content (AvgIpc) is 3.09. The summed E-state index contributed by atoms with van der Waals surface area (Å²) in [5, 5.41) is 4.54. The molecule has 0 saturated carbocycles. The van der Waals surface area contributed by atoms with E-state index >= 15 is 0 Å². The molecule has 3 heterocycles. The number of benzene rings is 1. The molecule has 0 aliphatic rings. The van der Waals surface area contributed by atoms with Gasteiger partial charge in [-0.05, 0) is 31.5 Å². The number of carbonyl (C=O) groups excluding carboxylic acids is 1. The summed E-state index contributed by atoms with van der Waals surface area (Å²) >= 11 is 0. The average molecular weight is 416 g/mol. The normalized spacial score (nSPS) is 11.9. The molecule has 4 aromatic rings. The number of fused-ring (bicyclic) bond motifs is 2. The van der Waals surface area contributed by atoms with Crippen molar-refractivity contribution in [3.05, 3.63) is 63.8 Å². The van der Waals surface area contributed by atoms with Crippen molar-refractivity contribution in [2.75, 3.05) is 6.61 Å². The van der Waals surface area contributed by atoms with Crippen LogP contribution in [0, 0.1) is 6.92 Å². The summed E-state index contributed by atoms with van der Waals surface area (Å²) in [5.74, 6) is -1.25. The van der Waals surface area contributed by atoms with Gasteiger partial charge in [-0.15, -0.1) is 0 Å². The van der Waals surface area contributed by atoms with Crippen molar-refractivity contribution in [2.24, 2.45) is 0 Å². The first-order chi connectivity index (χ1) is 14.2. The van der Waals surface area contributed by atoms with Gasteiger partial charge in [-0.25, -0.2) is 9.31 Å². The van der Waals surface area contributed by atoms with Crippen molar-refractivity contribution in [2.45, 2.75) is 20.0 Å². The number of nitrogens with one attached hydrogen (secondary N) is 1. The Hall–Kier alpha value is -3.69. The number of rotatable bonds is 3. The second kappa shape index (κ2) is 6.97.